The van der Waals surface area contributed by atoms with Gasteiger partial charge < -0.3 is 19.5 Å². The highest BCUT2D eigenvalue weighted by Crippen LogP contribution is 2.20. The normalized spacial score (nSPS) is 12.6. The van der Waals surface area contributed by atoms with Crippen LogP contribution in [-0.4, -0.2) is 41.3 Å². The summed E-state index contributed by atoms with van der Waals surface area (Å²) in [7, 11) is 1.57. The van der Waals surface area contributed by atoms with Crippen molar-refractivity contribution in [3.8, 4) is 5.75 Å². The van der Waals surface area contributed by atoms with E-state index in [0.717, 1.165) is 0 Å². The minimum atomic E-state index is -0.863. The van der Waals surface area contributed by atoms with Gasteiger partial charge in [-0.05, 0) is 44.4 Å². The van der Waals surface area contributed by atoms with Crippen LogP contribution in [0.5, 0.6) is 5.75 Å². The lowest BCUT2D eigenvalue weighted by molar-refractivity contribution is -0.135. The fourth-order valence-corrected chi connectivity index (χ4v) is 2.04. The summed E-state index contributed by atoms with van der Waals surface area (Å²) >= 11 is 0. The van der Waals surface area contributed by atoms with Crippen molar-refractivity contribution in [3.63, 3.8) is 0 Å². The van der Waals surface area contributed by atoms with Crippen LogP contribution in [0.15, 0.2) is 24.3 Å². The van der Waals surface area contributed by atoms with E-state index in [1.807, 2.05) is 13.8 Å². The summed E-state index contributed by atoms with van der Waals surface area (Å²) in [5.41, 5.74) is 0.0386. The van der Waals surface area contributed by atoms with Crippen molar-refractivity contribution in [2.75, 3.05) is 13.6 Å². The quantitative estimate of drug-likeness (QED) is 0.627. The number of esters is 1. The standard InChI is InChI=1S/C19H29NO5/c1-13(2)11-17(22)24-15-9-7-14(8-10-15)16(21)12-20(6)18(23)25-19(3,4)5/h7-10,13,16,21H,11-12H2,1-6H3. The Morgan fingerprint density at radius 2 is 1.72 bits per heavy atom. The monoisotopic (exact) mass is 351 g/mol. The molecule has 0 aromatic heterocycles. The van der Waals surface area contributed by atoms with Crippen LogP contribution in [0.3, 0.4) is 0 Å². The second-order valence-corrected chi connectivity index (χ2v) is 7.52. The van der Waals surface area contributed by atoms with Crippen molar-refractivity contribution >= 4 is 12.1 Å². The third-order valence-corrected chi connectivity index (χ3v) is 3.22. The molecular formula is C19H29NO5. The van der Waals surface area contributed by atoms with Crippen LogP contribution in [0.4, 0.5) is 4.79 Å². The fourth-order valence-electron chi connectivity index (χ4n) is 2.04. The molecule has 0 bridgehead atoms. The van der Waals surface area contributed by atoms with Crippen LogP contribution >= 0.6 is 0 Å². The number of rotatable bonds is 6. The smallest absolute Gasteiger partial charge is 0.410 e. The maximum absolute atomic E-state index is 11.9. The molecule has 1 amide bonds. The third kappa shape index (κ3) is 8.03. The van der Waals surface area contributed by atoms with E-state index in [-0.39, 0.29) is 18.4 Å². The van der Waals surface area contributed by atoms with E-state index in [2.05, 4.69) is 0 Å². The lowest BCUT2D eigenvalue weighted by atomic mass is 10.1. The summed E-state index contributed by atoms with van der Waals surface area (Å²) in [6, 6.07) is 6.60. The van der Waals surface area contributed by atoms with Crippen LogP contribution in [0.25, 0.3) is 0 Å². The summed E-state index contributed by atoms with van der Waals surface area (Å²) in [6.07, 6.45) is -1.01. The van der Waals surface area contributed by atoms with Crippen molar-refractivity contribution in [1.82, 2.24) is 4.90 Å². The van der Waals surface area contributed by atoms with Gasteiger partial charge in [-0.3, -0.25) is 4.79 Å². The SMILES string of the molecule is CC(C)CC(=O)Oc1ccc(C(O)CN(C)C(=O)OC(C)(C)C)cc1. The maximum atomic E-state index is 11.9. The Hall–Kier alpha value is -2.08. The molecule has 6 heteroatoms. The van der Waals surface area contributed by atoms with Gasteiger partial charge >= 0.3 is 12.1 Å². The Labute approximate surface area is 149 Å². The largest absolute Gasteiger partial charge is 0.444 e. The Morgan fingerprint density at radius 1 is 1.16 bits per heavy atom. The van der Waals surface area contributed by atoms with Crippen molar-refractivity contribution in [3.05, 3.63) is 29.8 Å². The number of nitrogens with zero attached hydrogens (tertiary/aromatic N) is 1. The number of amides is 1. The Balaban J connectivity index is 2.60. The summed E-state index contributed by atoms with van der Waals surface area (Å²) < 4.78 is 10.5. The van der Waals surface area contributed by atoms with Crippen molar-refractivity contribution in [2.24, 2.45) is 5.92 Å². The van der Waals surface area contributed by atoms with Gasteiger partial charge in [0.15, 0.2) is 0 Å². The molecule has 1 N–H and O–H groups in total. The average Bonchev–Trinajstić information content (AvgIpc) is 2.45. The zero-order chi connectivity index (χ0) is 19.2. The highest BCUT2D eigenvalue weighted by molar-refractivity contribution is 5.72. The molecule has 0 radical (unpaired) electrons. The summed E-state index contributed by atoms with van der Waals surface area (Å²) in [5, 5.41) is 10.3. The zero-order valence-electron chi connectivity index (χ0n) is 15.9. The Morgan fingerprint density at radius 3 is 2.20 bits per heavy atom. The topological polar surface area (TPSA) is 76.1 Å². The first-order valence-corrected chi connectivity index (χ1v) is 8.40. The van der Waals surface area contributed by atoms with E-state index in [4.69, 9.17) is 9.47 Å². The van der Waals surface area contributed by atoms with Gasteiger partial charge in [-0.15, -0.1) is 0 Å². The molecule has 1 rings (SSSR count). The summed E-state index contributed by atoms with van der Waals surface area (Å²) in [4.78, 5) is 24.9. The zero-order valence-corrected chi connectivity index (χ0v) is 15.9. The van der Waals surface area contributed by atoms with Crippen LogP contribution in [-0.2, 0) is 9.53 Å². The molecule has 25 heavy (non-hydrogen) atoms. The number of aliphatic hydroxyl groups excluding tert-OH is 1. The van der Waals surface area contributed by atoms with Crippen LogP contribution in [0, 0.1) is 5.92 Å². The van der Waals surface area contributed by atoms with Crippen LogP contribution in [0.2, 0.25) is 0 Å². The number of hydrogen-bond donors (Lipinski definition) is 1. The van der Waals surface area contributed by atoms with E-state index < -0.39 is 17.8 Å². The summed E-state index contributed by atoms with van der Waals surface area (Å²) in [6.45, 7) is 9.35. The minimum Gasteiger partial charge on any atom is -0.444 e. The molecule has 0 aliphatic rings. The van der Waals surface area contributed by atoms with E-state index in [1.54, 1.807) is 52.1 Å². The molecule has 6 nitrogen and oxygen atoms in total. The molecule has 1 aromatic carbocycles. The molecule has 140 valence electrons. The Bertz CT molecular complexity index is 574. The van der Waals surface area contributed by atoms with Crippen molar-refractivity contribution in [1.29, 1.82) is 0 Å². The van der Waals surface area contributed by atoms with Crippen LogP contribution < -0.4 is 4.74 Å². The van der Waals surface area contributed by atoms with Gasteiger partial charge in [-0.2, -0.15) is 0 Å². The second-order valence-electron chi connectivity index (χ2n) is 7.52. The fraction of sp³-hybridized carbons (Fsp3) is 0.579. The van der Waals surface area contributed by atoms with Gasteiger partial charge in [0, 0.05) is 13.5 Å². The van der Waals surface area contributed by atoms with Gasteiger partial charge in [-0.25, -0.2) is 4.79 Å². The van der Waals surface area contributed by atoms with Gasteiger partial charge in [0.25, 0.3) is 0 Å². The summed E-state index contributed by atoms with van der Waals surface area (Å²) in [5.74, 6) is 0.382. The number of ether oxygens (including phenoxy) is 2. The van der Waals surface area contributed by atoms with Gasteiger partial charge in [0.05, 0.1) is 12.6 Å². The molecule has 1 unspecified atom stereocenters. The number of benzene rings is 1. The third-order valence-electron chi connectivity index (χ3n) is 3.22. The first-order valence-electron chi connectivity index (χ1n) is 8.40. The molecular weight excluding hydrogens is 322 g/mol. The molecule has 0 fully saturated rings. The molecule has 1 aromatic rings. The maximum Gasteiger partial charge on any atom is 0.410 e. The van der Waals surface area contributed by atoms with Crippen molar-refractivity contribution < 1.29 is 24.2 Å². The van der Waals surface area contributed by atoms with E-state index in [1.165, 1.54) is 4.90 Å². The molecule has 0 aliphatic carbocycles. The van der Waals surface area contributed by atoms with E-state index in [9.17, 15) is 14.7 Å². The van der Waals surface area contributed by atoms with Gasteiger partial charge in [0.2, 0.25) is 0 Å². The van der Waals surface area contributed by atoms with Crippen molar-refractivity contribution in [2.45, 2.75) is 52.7 Å². The average molecular weight is 351 g/mol. The number of likely N-dealkylation sites (N-methyl/N-ethyl adjacent to an activating group) is 1. The first-order chi connectivity index (χ1) is 11.5. The van der Waals surface area contributed by atoms with Gasteiger partial charge in [-0.1, -0.05) is 26.0 Å². The Kier molecular flexibility index (Phi) is 7.42. The first kappa shape index (κ1) is 21.0. The molecule has 0 saturated carbocycles. The highest BCUT2D eigenvalue weighted by atomic mass is 16.6. The molecule has 0 heterocycles. The predicted molar refractivity (Wildman–Crippen MR) is 95.4 cm³/mol. The van der Waals surface area contributed by atoms with Crippen LogP contribution in [0.1, 0.15) is 52.7 Å². The molecule has 1 atom stereocenters. The molecule has 0 aliphatic heterocycles. The van der Waals surface area contributed by atoms with E-state index >= 15 is 0 Å². The lowest BCUT2D eigenvalue weighted by Crippen LogP contribution is -2.36. The van der Waals surface area contributed by atoms with E-state index in [0.29, 0.717) is 17.7 Å². The second kappa shape index (κ2) is 8.85. The lowest BCUT2D eigenvalue weighted by Gasteiger charge is -2.26. The number of carbonyl (C=O) groups excluding carboxylic acids is 2. The highest BCUT2D eigenvalue weighted by Gasteiger charge is 2.22. The number of aliphatic hydroxyl groups is 1. The predicted octanol–water partition coefficient (Wildman–Crippen LogP) is 3.54. The number of hydrogen-bond acceptors (Lipinski definition) is 5. The molecule has 0 saturated heterocycles. The molecule has 0 spiro atoms. The minimum absolute atomic E-state index is 0.0986. The van der Waals surface area contributed by atoms with Gasteiger partial charge in [0.1, 0.15) is 11.4 Å². The number of carbonyl (C=O) groups is 2.